The molecule has 36 heavy (non-hydrogen) atoms. The van der Waals surface area contributed by atoms with Crippen LogP contribution in [0.3, 0.4) is 0 Å². The number of ketones is 2. The average molecular weight is 503 g/mol. The van der Waals surface area contributed by atoms with Crippen LogP contribution in [0.15, 0.2) is 43.1 Å². The second kappa shape index (κ2) is 11.7. The van der Waals surface area contributed by atoms with Crippen LogP contribution in [0.2, 0.25) is 0 Å². The van der Waals surface area contributed by atoms with Crippen molar-refractivity contribution in [3.05, 3.63) is 56.6 Å². The molecule has 198 valence electrons. The lowest BCUT2D eigenvalue weighted by molar-refractivity contribution is -0.124. The van der Waals surface area contributed by atoms with Crippen molar-refractivity contribution in [1.29, 1.82) is 0 Å². The van der Waals surface area contributed by atoms with E-state index >= 15 is 0 Å². The van der Waals surface area contributed by atoms with Gasteiger partial charge < -0.3 is 19.0 Å². The number of aromatic hydroxyl groups is 2. The predicted molar refractivity (Wildman–Crippen MR) is 135 cm³/mol. The molecule has 0 aliphatic carbocycles. The van der Waals surface area contributed by atoms with Crippen molar-refractivity contribution in [1.82, 2.24) is 0 Å². The van der Waals surface area contributed by atoms with Gasteiger partial charge in [-0.1, -0.05) is 41.5 Å². The fourth-order valence-corrected chi connectivity index (χ4v) is 3.95. The maximum atomic E-state index is 12.5. The molecule has 8 heteroatoms. The van der Waals surface area contributed by atoms with Crippen molar-refractivity contribution in [3.8, 4) is 11.5 Å². The molecule has 8 nitrogen and oxygen atoms in total. The summed E-state index contributed by atoms with van der Waals surface area (Å²) in [6.07, 6.45) is 4.18. The third-order valence-electron chi connectivity index (χ3n) is 7.64. The van der Waals surface area contributed by atoms with Gasteiger partial charge >= 0.3 is 0 Å². The molecule has 0 aromatic carbocycles. The number of Topliss-reactive ketones (excluding diaryl/α,β-unsaturated/α-hetero) is 2. The zero-order valence-corrected chi connectivity index (χ0v) is 22.1. The third-order valence-corrected chi connectivity index (χ3v) is 7.64. The largest absolute Gasteiger partial charge is 0.502 e. The summed E-state index contributed by atoms with van der Waals surface area (Å²) >= 11 is 0. The van der Waals surface area contributed by atoms with E-state index in [0.29, 0.717) is 37.2 Å². The van der Waals surface area contributed by atoms with Gasteiger partial charge in [0.25, 0.3) is 0 Å². The molecule has 0 aliphatic rings. The third kappa shape index (κ3) is 7.67. The number of hydrogen-bond acceptors (Lipinski definition) is 8. The Balaban J connectivity index is 1.82. The van der Waals surface area contributed by atoms with E-state index < -0.39 is 22.4 Å². The smallest absolute Gasteiger partial charge is 0.226 e. The Morgan fingerprint density at radius 3 is 1.36 bits per heavy atom. The minimum Gasteiger partial charge on any atom is -0.502 e. The van der Waals surface area contributed by atoms with E-state index in [0.717, 1.165) is 12.5 Å². The van der Waals surface area contributed by atoms with Crippen molar-refractivity contribution in [2.75, 3.05) is 0 Å². The van der Waals surface area contributed by atoms with E-state index in [1.807, 2.05) is 41.5 Å². The summed E-state index contributed by atoms with van der Waals surface area (Å²) in [5.41, 5.74) is -1.68. The van der Waals surface area contributed by atoms with Gasteiger partial charge in [-0.2, -0.15) is 0 Å². The molecule has 2 unspecified atom stereocenters. The first-order valence-corrected chi connectivity index (χ1v) is 12.3. The molecular formula is C28H38O8. The Morgan fingerprint density at radius 2 is 1.06 bits per heavy atom. The van der Waals surface area contributed by atoms with Gasteiger partial charge in [-0.15, -0.1) is 0 Å². The van der Waals surface area contributed by atoms with E-state index in [4.69, 9.17) is 8.83 Å². The van der Waals surface area contributed by atoms with E-state index in [-0.39, 0.29) is 47.1 Å². The van der Waals surface area contributed by atoms with Gasteiger partial charge in [0.1, 0.15) is 35.6 Å². The molecule has 0 saturated heterocycles. The van der Waals surface area contributed by atoms with Crippen molar-refractivity contribution < 1.29 is 28.6 Å². The van der Waals surface area contributed by atoms with Crippen LogP contribution in [-0.4, -0.2) is 21.8 Å². The lowest BCUT2D eigenvalue weighted by Crippen LogP contribution is -2.23. The molecule has 2 aromatic rings. The first kappa shape index (κ1) is 29.1. The molecule has 0 amide bonds. The predicted octanol–water partition coefficient (Wildman–Crippen LogP) is 5.44. The second-order valence-corrected chi connectivity index (χ2v) is 11.1. The first-order chi connectivity index (χ1) is 16.6. The Bertz CT molecular complexity index is 1090. The van der Waals surface area contributed by atoms with Gasteiger partial charge in [0.05, 0.1) is 0 Å². The highest BCUT2D eigenvalue weighted by Crippen LogP contribution is 2.40. The zero-order chi connectivity index (χ0) is 27.3. The number of hydrogen-bond donors (Lipinski definition) is 2. The Kier molecular flexibility index (Phi) is 9.46. The second-order valence-electron chi connectivity index (χ2n) is 11.1. The van der Waals surface area contributed by atoms with Crippen LogP contribution in [0.5, 0.6) is 11.5 Å². The van der Waals surface area contributed by atoms with Crippen molar-refractivity contribution in [2.45, 2.75) is 91.9 Å². The quantitative estimate of drug-likeness (QED) is 0.369. The molecule has 0 spiro atoms. The minimum absolute atomic E-state index is 0.00859. The van der Waals surface area contributed by atoms with E-state index in [1.54, 1.807) is 0 Å². The number of carbonyl (C=O) groups is 2. The SMILES string of the molecule is CC(c1cc(=O)c(O)co1)C(C)(C)CCC(=O)CCC(=O)CCC(C)(C)C(C)c1cc(=O)c(O)co1. The van der Waals surface area contributed by atoms with E-state index in [2.05, 4.69) is 0 Å². The maximum absolute atomic E-state index is 12.5. The molecule has 0 saturated carbocycles. The summed E-state index contributed by atoms with van der Waals surface area (Å²) in [4.78, 5) is 48.4. The summed E-state index contributed by atoms with van der Waals surface area (Å²) in [7, 11) is 0. The molecule has 2 rings (SSSR count). The van der Waals surface area contributed by atoms with Crippen LogP contribution < -0.4 is 10.9 Å². The highest BCUT2D eigenvalue weighted by Gasteiger charge is 2.31. The van der Waals surface area contributed by atoms with Crippen LogP contribution >= 0.6 is 0 Å². The molecule has 0 bridgehead atoms. The molecule has 0 aliphatic heterocycles. The van der Waals surface area contributed by atoms with Crippen LogP contribution in [-0.2, 0) is 9.59 Å². The zero-order valence-electron chi connectivity index (χ0n) is 22.1. The highest BCUT2D eigenvalue weighted by atomic mass is 16.4. The van der Waals surface area contributed by atoms with E-state index in [9.17, 15) is 29.4 Å². The molecule has 0 fully saturated rings. The molecular weight excluding hydrogens is 464 g/mol. The van der Waals surface area contributed by atoms with Gasteiger partial charge in [0.2, 0.25) is 10.9 Å². The van der Waals surface area contributed by atoms with Gasteiger partial charge in [0, 0.05) is 49.7 Å². The fourth-order valence-electron chi connectivity index (χ4n) is 3.95. The number of carbonyl (C=O) groups excluding carboxylic acids is 2. The Morgan fingerprint density at radius 1 is 0.722 bits per heavy atom. The monoisotopic (exact) mass is 502 g/mol. The highest BCUT2D eigenvalue weighted by molar-refractivity contribution is 5.86. The first-order valence-electron chi connectivity index (χ1n) is 12.3. The summed E-state index contributed by atoms with van der Waals surface area (Å²) in [6.45, 7) is 11.8. The van der Waals surface area contributed by atoms with Gasteiger partial charge in [0.15, 0.2) is 11.5 Å². The Hall–Kier alpha value is -3.16. The summed E-state index contributed by atoms with van der Waals surface area (Å²) in [6, 6.07) is 2.56. The Labute approximate surface area is 211 Å². The van der Waals surface area contributed by atoms with Gasteiger partial charge in [-0.25, -0.2) is 0 Å². The fraction of sp³-hybridized carbons (Fsp3) is 0.571. The van der Waals surface area contributed by atoms with E-state index in [1.165, 1.54) is 12.1 Å². The molecule has 0 radical (unpaired) electrons. The van der Waals surface area contributed by atoms with Crippen LogP contribution in [0.25, 0.3) is 0 Å². The minimum atomic E-state index is -0.501. The van der Waals surface area contributed by atoms with Crippen molar-refractivity contribution in [3.63, 3.8) is 0 Å². The lowest BCUT2D eigenvalue weighted by atomic mass is 9.74. The average Bonchev–Trinajstić information content (AvgIpc) is 2.82. The summed E-state index contributed by atoms with van der Waals surface area (Å²) in [5, 5.41) is 18.8. The maximum Gasteiger partial charge on any atom is 0.226 e. The topological polar surface area (TPSA) is 135 Å². The van der Waals surface area contributed by atoms with Gasteiger partial charge in [-0.05, 0) is 23.7 Å². The van der Waals surface area contributed by atoms with Gasteiger partial charge in [-0.3, -0.25) is 19.2 Å². The molecule has 2 heterocycles. The summed E-state index contributed by atoms with van der Waals surface area (Å²) in [5.74, 6) is -0.252. The summed E-state index contributed by atoms with van der Waals surface area (Å²) < 4.78 is 10.7. The van der Waals surface area contributed by atoms with Crippen molar-refractivity contribution >= 4 is 11.6 Å². The van der Waals surface area contributed by atoms with Crippen molar-refractivity contribution in [2.24, 2.45) is 10.8 Å². The lowest BCUT2D eigenvalue weighted by Gasteiger charge is -2.31. The molecule has 2 aromatic heterocycles. The molecule has 2 N–H and O–H groups in total. The van der Waals surface area contributed by atoms with Crippen LogP contribution in [0.1, 0.15) is 103 Å². The normalized spacial score (nSPS) is 13.8. The standard InChI is InChI=1S/C28H38O8/c1-17(25-13-21(31)23(33)15-35-25)27(3,4)11-9-19(29)7-8-20(30)10-12-28(5,6)18(2)26-14-22(32)24(34)16-36-26/h13-18,33-34H,7-12H2,1-6H3. The number of rotatable bonds is 13. The van der Waals surface area contributed by atoms with Crippen LogP contribution in [0, 0.1) is 10.8 Å². The molecule has 2 atom stereocenters. The van der Waals surface area contributed by atoms with Crippen LogP contribution in [0.4, 0.5) is 0 Å².